The number of benzene rings is 1. The smallest absolute Gasteiger partial charge is 0.159 e. The van der Waals surface area contributed by atoms with E-state index in [1.807, 2.05) is 12.1 Å². The average molecular weight is 287 g/mol. The molecular formula is C17H21NO3. The first-order valence-corrected chi connectivity index (χ1v) is 7.41. The third-order valence-corrected chi connectivity index (χ3v) is 4.30. The van der Waals surface area contributed by atoms with Gasteiger partial charge < -0.3 is 14.4 Å². The summed E-state index contributed by atoms with van der Waals surface area (Å²) in [6.45, 7) is 6.44. The molecule has 4 nitrogen and oxygen atoms in total. The van der Waals surface area contributed by atoms with Crippen LogP contribution in [-0.2, 0) is 19.7 Å². The lowest BCUT2D eigenvalue weighted by Crippen LogP contribution is -2.29. The van der Waals surface area contributed by atoms with Crippen molar-refractivity contribution in [3.8, 4) is 0 Å². The Kier molecular flexibility index (Phi) is 3.83. The zero-order chi connectivity index (χ0) is 14.9. The van der Waals surface area contributed by atoms with Crippen molar-refractivity contribution >= 4 is 12.0 Å². The number of allylic oxidation sites excluding steroid dienone is 2. The summed E-state index contributed by atoms with van der Waals surface area (Å²) < 4.78 is 11.0. The minimum absolute atomic E-state index is 0.127. The van der Waals surface area contributed by atoms with Crippen LogP contribution in [0.15, 0.2) is 36.0 Å². The molecule has 1 saturated heterocycles. The van der Waals surface area contributed by atoms with Crippen molar-refractivity contribution in [1.29, 1.82) is 0 Å². The maximum absolute atomic E-state index is 11.1. The fourth-order valence-electron chi connectivity index (χ4n) is 3.25. The van der Waals surface area contributed by atoms with Gasteiger partial charge in [-0.2, -0.15) is 0 Å². The highest BCUT2D eigenvalue weighted by atomic mass is 16.7. The second-order valence-electron chi connectivity index (χ2n) is 5.94. The fraction of sp³-hybridized carbons (Fsp3) is 0.471. The number of carbonyl (C=O) groups is 1. The molecule has 0 atom stereocenters. The molecule has 0 bridgehead atoms. The van der Waals surface area contributed by atoms with Gasteiger partial charge in [-0.25, -0.2) is 0 Å². The lowest BCUT2D eigenvalue weighted by molar-refractivity contribution is -0.104. The Morgan fingerprint density at radius 2 is 2.00 bits per heavy atom. The summed E-state index contributed by atoms with van der Waals surface area (Å²) in [6.07, 6.45) is 3.22. The fourth-order valence-corrected chi connectivity index (χ4v) is 3.25. The highest BCUT2D eigenvalue weighted by Crippen LogP contribution is 2.47. The van der Waals surface area contributed by atoms with Gasteiger partial charge in [0, 0.05) is 29.8 Å². The van der Waals surface area contributed by atoms with E-state index >= 15 is 0 Å². The van der Waals surface area contributed by atoms with Gasteiger partial charge in [0.1, 0.15) is 6.29 Å². The molecule has 0 N–H and O–H groups in total. The standard InChI is InChI=1S/C17H21NO3/c1-17(2)13-5-3-4-6-14(13)18(15(17)8-10-19)9-7-16-20-11-12-21-16/h3-6,8,10,16H,7,9,11-12H2,1-2H3/b15-8+. The van der Waals surface area contributed by atoms with Crippen molar-refractivity contribution in [3.05, 3.63) is 41.6 Å². The minimum atomic E-state index is -0.158. The Morgan fingerprint density at radius 3 is 2.71 bits per heavy atom. The van der Waals surface area contributed by atoms with Gasteiger partial charge in [0.05, 0.1) is 13.2 Å². The molecule has 0 spiro atoms. The molecule has 1 aromatic rings. The molecule has 4 heteroatoms. The summed E-state index contributed by atoms with van der Waals surface area (Å²) in [5.41, 5.74) is 3.31. The normalized spacial score (nSPS) is 22.8. The first-order chi connectivity index (χ1) is 10.1. The van der Waals surface area contributed by atoms with Crippen LogP contribution in [0.25, 0.3) is 0 Å². The van der Waals surface area contributed by atoms with Crippen molar-refractivity contribution in [2.75, 3.05) is 24.7 Å². The van der Waals surface area contributed by atoms with Gasteiger partial charge >= 0.3 is 0 Å². The molecule has 2 aliphatic rings. The van der Waals surface area contributed by atoms with Crippen molar-refractivity contribution < 1.29 is 14.3 Å². The summed E-state index contributed by atoms with van der Waals surface area (Å²) >= 11 is 0. The van der Waals surface area contributed by atoms with Crippen LogP contribution in [0.1, 0.15) is 25.8 Å². The molecule has 1 fully saturated rings. The summed E-state index contributed by atoms with van der Waals surface area (Å²) in [6, 6.07) is 8.33. The van der Waals surface area contributed by atoms with Crippen LogP contribution >= 0.6 is 0 Å². The number of fused-ring (bicyclic) bond motifs is 1. The lowest BCUT2D eigenvalue weighted by Gasteiger charge is -2.27. The van der Waals surface area contributed by atoms with Crippen molar-refractivity contribution in [1.82, 2.24) is 0 Å². The molecule has 0 amide bonds. The van der Waals surface area contributed by atoms with Crippen molar-refractivity contribution in [2.24, 2.45) is 0 Å². The van der Waals surface area contributed by atoms with Gasteiger partial charge in [-0.15, -0.1) is 0 Å². The summed E-state index contributed by atoms with van der Waals surface area (Å²) in [5, 5.41) is 0. The number of nitrogens with zero attached hydrogens (tertiary/aromatic N) is 1. The van der Waals surface area contributed by atoms with Crippen LogP contribution in [0.3, 0.4) is 0 Å². The minimum Gasteiger partial charge on any atom is -0.350 e. The van der Waals surface area contributed by atoms with Gasteiger partial charge in [0.25, 0.3) is 0 Å². The number of anilines is 1. The molecule has 2 aliphatic heterocycles. The molecule has 0 aromatic heterocycles. The van der Waals surface area contributed by atoms with Gasteiger partial charge in [0.15, 0.2) is 6.29 Å². The van der Waals surface area contributed by atoms with Crippen LogP contribution in [0.2, 0.25) is 0 Å². The number of aldehydes is 1. The molecule has 0 radical (unpaired) electrons. The second kappa shape index (κ2) is 5.62. The van der Waals surface area contributed by atoms with E-state index in [0.717, 1.165) is 24.9 Å². The summed E-state index contributed by atoms with van der Waals surface area (Å²) in [7, 11) is 0. The van der Waals surface area contributed by atoms with Gasteiger partial charge in [-0.1, -0.05) is 32.0 Å². The molecule has 0 unspecified atom stereocenters. The largest absolute Gasteiger partial charge is 0.350 e. The maximum atomic E-state index is 11.1. The number of para-hydroxylation sites is 1. The van der Waals surface area contributed by atoms with Gasteiger partial charge in [-0.05, 0) is 17.7 Å². The highest BCUT2D eigenvalue weighted by Gasteiger charge is 2.39. The Hall–Kier alpha value is -1.65. The van der Waals surface area contributed by atoms with Gasteiger partial charge in [0.2, 0.25) is 0 Å². The Morgan fingerprint density at radius 1 is 1.29 bits per heavy atom. The summed E-state index contributed by atoms with van der Waals surface area (Å²) in [4.78, 5) is 13.3. The quantitative estimate of drug-likeness (QED) is 0.630. The van der Waals surface area contributed by atoms with E-state index < -0.39 is 0 Å². The van der Waals surface area contributed by atoms with Crippen molar-refractivity contribution in [2.45, 2.75) is 32.0 Å². The second-order valence-corrected chi connectivity index (χ2v) is 5.94. The molecule has 0 saturated carbocycles. The molecule has 21 heavy (non-hydrogen) atoms. The van der Waals surface area contributed by atoms with Crippen LogP contribution in [-0.4, -0.2) is 32.3 Å². The Labute approximate surface area is 125 Å². The van der Waals surface area contributed by atoms with Crippen LogP contribution < -0.4 is 4.90 Å². The van der Waals surface area contributed by atoms with E-state index in [4.69, 9.17) is 9.47 Å². The third-order valence-electron chi connectivity index (χ3n) is 4.30. The number of hydrogen-bond donors (Lipinski definition) is 0. The van der Waals surface area contributed by atoms with Gasteiger partial charge in [-0.3, -0.25) is 4.79 Å². The number of hydrogen-bond acceptors (Lipinski definition) is 4. The van der Waals surface area contributed by atoms with Crippen LogP contribution in [0.4, 0.5) is 5.69 Å². The third kappa shape index (κ3) is 2.49. The van der Waals surface area contributed by atoms with Crippen molar-refractivity contribution in [3.63, 3.8) is 0 Å². The summed E-state index contributed by atoms with van der Waals surface area (Å²) in [5.74, 6) is 0. The molecule has 112 valence electrons. The topological polar surface area (TPSA) is 38.8 Å². The van der Waals surface area contributed by atoms with E-state index in [2.05, 4.69) is 30.9 Å². The average Bonchev–Trinajstić information content (AvgIpc) is 3.06. The zero-order valence-electron chi connectivity index (χ0n) is 12.5. The van der Waals surface area contributed by atoms with Crippen LogP contribution in [0.5, 0.6) is 0 Å². The predicted octanol–water partition coefficient (Wildman–Crippen LogP) is 2.63. The van der Waals surface area contributed by atoms with E-state index in [-0.39, 0.29) is 11.7 Å². The number of ether oxygens (including phenoxy) is 2. The first kappa shape index (κ1) is 14.3. The lowest BCUT2D eigenvalue weighted by atomic mass is 9.84. The molecule has 2 heterocycles. The molecule has 0 aliphatic carbocycles. The number of rotatable bonds is 4. The Bertz CT molecular complexity index is 559. The van der Waals surface area contributed by atoms with Crippen LogP contribution in [0, 0.1) is 0 Å². The SMILES string of the molecule is CC1(C)/C(=C\C=O)N(CCC2OCCO2)c2ccccc21. The first-order valence-electron chi connectivity index (χ1n) is 7.41. The van der Waals surface area contributed by atoms with E-state index in [1.165, 1.54) is 11.3 Å². The molecular weight excluding hydrogens is 266 g/mol. The number of carbonyl (C=O) groups excluding carboxylic acids is 1. The Balaban J connectivity index is 1.88. The molecule has 1 aromatic carbocycles. The van der Waals surface area contributed by atoms with E-state index in [9.17, 15) is 4.79 Å². The maximum Gasteiger partial charge on any atom is 0.159 e. The van der Waals surface area contributed by atoms with E-state index in [1.54, 1.807) is 6.08 Å². The van der Waals surface area contributed by atoms with E-state index in [0.29, 0.717) is 13.2 Å². The zero-order valence-corrected chi connectivity index (χ0v) is 12.5. The molecule has 3 rings (SSSR count). The monoisotopic (exact) mass is 287 g/mol. The highest BCUT2D eigenvalue weighted by molar-refractivity contribution is 5.76. The predicted molar refractivity (Wildman–Crippen MR) is 81.3 cm³/mol.